The van der Waals surface area contributed by atoms with Crippen LogP contribution in [0.3, 0.4) is 0 Å². The minimum atomic E-state index is -0.600. The van der Waals surface area contributed by atoms with E-state index in [4.69, 9.17) is 9.73 Å². The largest absolute Gasteiger partial charge is 0.465 e. The Balaban J connectivity index is 1.75. The van der Waals surface area contributed by atoms with E-state index in [1.807, 2.05) is 51.1 Å². The zero-order valence-electron chi connectivity index (χ0n) is 18.2. The normalized spacial score (nSPS) is 23.4. The third-order valence-corrected chi connectivity index (χ3v) is 6.04. The van der Waals surface area contributed by atoms with Crippen molar-refractivity contribution in [1.82, 2.24) is 4.98 Å². The number of allylic oxidation sites excluding steroid dienone is 2. The van der Waals surface area contributed by atoms with Gasteiger partial charge in [-0.05, 0) is 48.4 Å². The van der Waals surface area contributed by atoms with Crippen molar-refractivity contribution in [2.45, 2.75) is 45.4 Å². The molecule has 1 unspecified atom stereocenters. The van der Waals surface area contributed by atoms with Crippen LogP contribution >= 0.6 is 0 Å². The average molecular weight is 417 g/mol. The quantitative estimate of drug-likeness (QED) is 0.653. The molecule has 160 valence electrons. The molecule has 0 radical (unpaired) electrons. The zero-order chi connectivity index (χ0) is 22.0. The molecule has 4 rings (SSSR count). The van der Waals surface area contributed by atoms with Gasteiger partial charge in [0.05, 0.1) is 6.61 Å². The SMILES string of the molecule is CC1=NC2=C(C(=O)C[C@@H](c3ccccc3)C2)[C@H](c2ccncc2)C1C(=O)OCC(C)C. The second-order valence-electron chi connectivity index (χ2n) is 8.81. The van der Waals surface area contributed by atoms with Crippen LogP contribution in [0.5, 0.6) is 0 Å². The maximum absolute atomic E-state index is 13.4. The molecule has 0 fully saturated rings. The lowest BCUT2D eigenvalue weighted by Gasteiger charge is -2.36. The number of benzene rings is 1. The highest BCUT2D eigenvalue weighted by Crippen LogP contribution is 2.46. The van der Waals surface area contributed by atoms with Crippen LogP contribution < -0.4 is 0 Å². The molecule has 0 spiro atoms. The summed E-state index contributed by atoms with van der Waals surface area (Å²) in [5.41, 5.74) is 4.22. The maximum Gasteiger partial charge on any atom is 0.315 e. The summed E-state index contributed by atoms with van der Waals surface area (Å²) in [6, 6.07) is 13.9. The second kappa shape index (κ2) is 8.96. The van der Waals surface area contributed by atoms with Crippen LogP contribution in [0.2, 0.25) is 0 Å². The van der Waals surface area contributed by atoms with Crippen molar-refractivity contribution in [1.29, 1.82) is 0 Å². The molecule has 0 bridgehead atoms. The van der Waals surface area contributed by atoms with Crippen molar-refractivity contribution in [2.75, 3.05) is 6.61 Å². The number of ketones is 1. The van der Waals surface area contributed by atoms with Gasteiger partial charge in [0.15, 0.2) is 5.78 Å². The third kappa shape index (κ3) is 4.36. The molecule has 1 aliphatic heterocycles. The number of hydrogen-bond donors (Lipinski definition) is 0. The van der Waals surface area contributed by atoms with E-state index in [9.17, 15) is 9.59 Å². The van der Waals surface area contributed by atoms with Crippen LogP contribution in [0.25, 0.3) is 0 Å². The summed E-state index contributed by atoms with van der Waals surface area (Å²) in [6.45, 7) is 6.23. The number of carbonyl (C=O) groups excluding carboxylic acids is 2. The van der Waals surface area contributed by atoms with Gasteiger partial charge in [0.25, 0.3) is 0 Å². The molecular formula is C26H28N2O3. The Bertz CT molecular complexity index is 1030. The highest BCUT2D eigenvalue weighted by molar-refractivity contribution is 6.09. The van der Waals surface area contributed by atoms with Gasteiger partial charge in [-0.1, -0.05) is 44.2 Å². The molecule has 0 N–H and O–H groups in total. The fourth-order valence-corrected chi connectivity index (χ4v) is 4.60. The average Bonchev–Trinajstić information content (AvgIpc) is 2.77. The summed E-state index contributed by atoms with van der Waals surface area (Å²) in [7, 11) is 0. The molecule has 0 saturated carbocycles. The van der Waals surface area contributed by atoms with Crippen molar-refractivity contribution < 1.29 is 14.3 Å². The first kappa shape index (κ1) is 21.2. The number of rotatable bonds is 5. The van der Waals surface area contributed by atoms with Gasteiger partial charge in [0.2, 0.25) is 0 Å². The summed E-state index contributed by atoms with van der Waals surface area (Å²) in [5, 5.41) is 0. The van der Waals surface area contributed by atoms with Crippen molar-refractivity contribution in [3.63, 3.8) is 0 Å². The van der Waals surface area contributed by atoms with Crippen LogP contribution in [0.4, 0.5) is 0 Å². The Morgan fingerprint density at radius 1 is 1.06 bits per heavy atom. The van der Waals surface area contributed by atoms with E-state index in [1.54, 1.807) is 12.4 Å². The van der Waals surface area contributed by atoms with E-state index in [2.05, 4.69) is 17.1 Å². The van der Waals surface area contributed by atoms with E-state index in [0.29, 0.717) is 30.7 Å². The molecule has 2 aromatic rings. The van der Waals surface area contributed by atoms with Gasteiger partial charge in [-0.3, -0.25) is 19.6 Å². The summed E-state index contributed by atoms with van der Waals surface area (Å²) in [4.78, 5) is 35.5. The molecule has 0 amide bonds. The topological polar surface area (TPSA) is 68.6 Å². The lowest BCUT2D eigenvalue weighted by Crippen LogP contribution is -2.38. The second-order valence-corrected chi connectivity index (χ2v) is 8.81. The van der Waals surface area contributed by atoms with E-state index in [0.717, 1.165) is 16.8 Å². The van der Waals surface area contributed by atoms with Crippen molar-refractivity contribution in [3.8, 4) is 0 Å². The number of esters is 1. The Labute approximate surface area is 183 Å². The minimum Gasteiger partial charge on any atom is -0.465 e. The van der Waals surface area contributed by atoms with Gasteiger partial charge in [0.1, 0.15) is 5.92 Å². The standard InChI is InChI=1S/C26H28N2O3/c1-16(2)15-31-26(30)23-17(3)28-21-13-20(18-7-5-4-6-8-18)14-22(29)25(21)24(23)19-9-11-27-12-10-19/h4-12,16,20,23-24H,13-15H2,1-3H3/t20-,23?,24+/m0/s1. The third-order valence-electron chi connectivity index (χ3n) is 6.04. The van der Waals surface area contributed by atoms with Gasteiger partial charge in [-0.2, -0.15) is 0 Å². The minimum absolute atomic E-state index is 0.0647. The zero-order valence-corrected chi connectivity index (χ0v) is 18.2. The number of aromatic nitrogens is 1. The predicted molar refractivity (Wildman–Crippen MR) is 120 cm³/mol. The van der Waals surface area contributed by atoms with Gasteiger partial charge < -0.3 is 4.74 Å². The molecule has 1 aliphatic carbocycles. The van der Waals surface area contributed by atoms with Crippen LogP contribution in [0.1, 0.15) is 56.6 Å². The Morgan fingerprint density at radius 2 is 1.77 bits per heavy atom. The molecule has 0 saturated heterocycles. The smallest absolute Gasteiger partial charge is 0.315 e. The molecule has 2 aliphatic rings. The molecule has 3 atom stereocenters. The number of aliphatic imine (C=N–C) groups is 1. The predicted octanol–water partition coefficient (Wildman–Crippen LogP) is 4.86. The van der Waals surface area contributed by atoms with Crippen molar-refractivity contribution in [2.24, 2.45) is 16.8 Å². The van der Waals surface area contributed by atoms with Crippen LogP contribution in [-0.2, 0) is 14.3 Å². The fourth-order valence-electron chi connectivity index (χ4n) is 4.60. The molecule has 1 aromatic carbocycles. The van der Waals surface area contributed by atoms with E-state index >= 15 is 0 Å². The summed E-state index contributed by atoms with van der Waals surface area (Å²) in [6.07, 6.45) is 4.52. The number of hydrogen-bond acceptors (Lipinski definition) is 5. The molecule has 5 heteroatoms. The number of Topliss-reactive ketones (excluding diaryl/α,β-unsaturated/α-hetero) is 1. The van der Waals surface area contributed by atoms with E-state index in [-0.39, 0.29) is 29.5 Å². The Morgan fingerprint density at radius 3 is 2.45 bits per heavy atom. The Kier molecular flexibility index (Phi) is 6.12. The summed E-state index contributed by atoms with van der Waals surface area (Å²) < 4.78 is 5.60. The van der Waals surface area contributed by atoms with Gasteiger partial charge in [-0.15, -0.1) is 0 Å². The molecular weight excluding hydrogens is 388 g/mol. The summed E-state index contributed by atoms with van der Waals surface area (Å²) in [5.74, 6) is -0.902. The lowest BCUT2D eigenvalue weighted by molar-refractivity contribution is -0.147. The van der Waals surface area contributed by atoms with Crippen LogP contribution in [0, 0.1) is 11.8 Å². The first-order chi connectivity index (χ1) is 15.0. The first-order valence-electron chi connectivity index (χ1n) is 10.9. The Hall–Kier alpha value is -3.08. The molecule has 31 heavy (non-hydrogen) atoms. The number of pyridine rings is 1. The fraction of sp³-hybridized carbons (Fsp3) is 0.385. The molecule has 5 nitrogen and oxygen atoms in total. The number of nitrogens with zero attached hydrogens (tertiary/aromatic N) is 2. The van der Waals surface area contributed by atoms with Crippen LogP contribution in [-0.4, -0.2) is 29.1 Å². The highest BCUT2D eigenvalue weighted by Gasteiger charge is 2.44. The number of ether oxygens (including phenoxy) is 1. The van der Waals surface area contributed by atoms with E-state index in [1.165, 1.54) is 0 Å². The monoisotopic (exact) mass is 416 g/mol. The number of carbonyl (C=O) groups is 2. The maximum atomic E-state index is 13.4. The van der Waals surface area contributed by atoms with E-state index < -0.39 is 5.92 Å². The van der Waals surface area contributed by atoms with Gasteiger partial charge >= 0.3 is 5.97 Å². The summed E-state index contributed by atoms with van der Waals surface area (Å²) >= 11 is 0. The van der Waals surface area contributed by atoms with Crippen molar-refractivity contribution >= 4 is 17.5 Å². The van der Waals surface area contributed by atoms with Crippen molar-refractivity contribution in [3.05, 3.63) is 77.3 Å². The molecule has 2 heterocycles. The van der Waals surface area contributed by atoms with Gasteiger partial charge in [0, 0.05) is 41.7 Å². The first-order valence-corrected chi connectivity index (χ1v) is 10.9. The lowest BCUT2D eigenvalue weighted by atomic mass is 9.69. The van der Waals surface area contributed by atoms with Gasteiger partial charge in [-0.25, -0.2) is 0 Å². The molecule has 1 aromatic heterocycles. The highest BCUT2D eigenvalue weighted by atomic mass is 16.5. The van der Waals surface area contributed by atoms with Crippen LogP contribution in [0.15, 0.2) is 71.1 Å².